The van der Waals surface area contributed by atoms with Crippen molar-refractivity contribution in [3.8, 4) is 0 Å². The summed E-state index contributed by atoms with van der Waals surface area (Å²) in [6.45, 7) is 9.13. The van der Waals surface area contributed by atoms with Crippen molar-refractivity contribution in [1.82, 2.24) is 24.8 Å². The van der Waals surface area contributed by atoms with E-state index < -0.39 is 10.0 Å². The van der Waals surface area contributed by atoms with Gasteiger partial charge in [0, 0.05) is 61.4 Å². The van der Waals surface area contributed by atoms with Crippen LogP contribution in [0.1, 0.15) is 46.1 Å². The second-order valence-electron chi connectivity index (χ2n) is 10.5. The van der Waals surface area contributed by atoms with Gasteiger partial charge in [0.15, 0.2) is 0 Å². The van der Waals surface area contributed by atoms with E-state index in [2.05, 4.69) is 63.9 Å². The van der Waals surface area contributed by atoms with Crippen molar-refractivity contribution in [3.05, 3.63) is 70.7 Å². The van der Waals surface area contributed by atoms with Crippen molar-refractivity contribution in [1.29, 1.82) is 0 Å². The minimum absolute atomic E-state index is 0.119. The number of carbonyl (C=O) groups is 1. The number of nitrogens with one attached hydrogen (secondary N) is 2. The van der Waals surface area contributed by atoms with Crippen molar-refractivity contribution in [3.63, 3.8) is 0 Å². The average molecular weight is 536 g/mol. The molecule has 38 heavy (non-hydrogen) atoms. The number of hydrogen-bond acceptors (Lipinski definition) is 8. The van der Waals surface area contributed by atoms with E-state index in [4.69, 9.17) is 4.98 Å². The maximum atomic E-state index is 13.2. The number of rotatable bonds is 6. The van der Waals surface area contributed by atoms with E-state index in [1.54, 1.807) is 6.07 Å². The fourth-order valence-corrected chi connectivity index (χ4v) is 5.99. The molecule has 2 aromatic heterocycles. The fourth-order valence-electron chi connectivity index (χ4n) is 5.50. The van der Waals surface area contributed by atoms with Gasteiger partial charge in [-0.15, -0.1) is 0 Å². The number of benzene rings is 1. The lowest BCUT2D eigenvalue weighted by molar-refractivity contribution is 0.0445. The first-order chi connectivity index (χ1) is 18.0. The standard InChI is InChI=1S/C27H33N7O3S/c1-17-9-18(2)11-22(10-17)30-27-29-13-21-15-34(16-23(21)31-27)24-6-8-33(14-19(24)3)26(35)20-5-7-28-25(12-20)32-38(4,36)37/h5,7,9-13,19,24H,6,8,14-16H2,1-4H3,(H,28,32)(H,29,30,31)/t19-,24+/m0/s1. The lowest BCUT2D eigenvalue weighted by Gasteiger charge is -2.41. The summed E-state index contributed by atoms with van der Waals surface area (Å²) >= 11 is 0. The molecule has 1 fully saturated rings. The molecule has 1 amide bonds. The van der Waals surface area contributed by atoms with E-state index in [0.717, 1.165) is 42.7 Å². The van der Waals surface area contributed by atoms with Gasteiger partial charge in [-0.05, 0) is 61.6 Å². The zero-order valence-electron chi connectivity index (χ0n) is 22.1. The van der Waals surface area contributed by atoms with Crippen LogP contribution < -0.4 is 10.0 Å². The number of pyridine rings is 1. The van der Waals surface area contributed by atoms with Gasteiger partial charge in [0.25, 0.3) is 5.91 Å². The van der Waals surface area contributed by atoms with Gasteiger partial charge in [0.05, 0.1) is 11.9 Å². The molecule has 1 saturated heterocycles. The summed E-state index contributed by atoms with van der Waals surface area (Å²) in [5.74, 6) is 0.889. The number of piperidine rings is 1. The minimum atomic E-state index is -3.47. The summed E-state index contributed by atoms with van der Waals surface area (Å²) in [5, 5.41) is 3.34. The van der Waals surface area contributed by atoms with Gasteiger partial charge in [-0.3, -0.25) is 14.4 Å². The topological polar surface area (TPSA) is 120 Å². The second kappa shape index (κ2) is 10.3. The lowest BCUT2D eigenvalue weighted by atomic mass is 9.92. The molecule has 5 rings (SSSR count). The molecule has 2 aliphatic rings. The van der Waals surface area contributed by atoms with Crippen molar-refractivity contribution >= 4 is 33.4 Å². The number of fused-ring (bicyclic) bond motifs is 1. The molecule has 200 valence electrons. The average Bonchev–Trinajstić information content (AvgIpc) is 3.25. The highest BCUT2D eigenvalue weighted by Crippen LogP contribution is 2.31. The zero-order valence-corrected chi connectivity index (χ0v) is 22.9. The summed E-state index contributed by atoms with van der Waals surface area (Å²) in [4.78, 5) is 30.8. The smallest absolute Gasteiger partial charge is 0.254 e. The SMILES string of the molecule is Cc1cc(C)cc(Nc2ncc3c(n2)CN([C@@H]2CCN(C(=O)c4ccnc(NS(C)(=O)=O)c4)C[C@@H]2C)C3)c1. The first-order valence-electron chi connectivity index (χ1n) is 12.7. The highest BCUT2D eigenvalue weighted by molar-refractivity contribution is 7.92. The summed E-state index contributed by atoms with van der Waals surface area (Å²) < 4.78 is 25.4. The number of amides is 1. The van der Waals surface area contributed by atoms with Crippen LogP contribution >= 0.6 is 0 Å². The molecule has 2 aliphatic heterocycles. The van der Waals surface area contributed by atoms with E-state index in [1.807, 2.05) is 11.1 Å². The summed E-state index contributed by atoms with van der Waals surface area (Å²) in [6.07, 6.45) is 5.27. The molecule has 2 N–H and O–H groups in total. The van der Waals surface area contributed by atoms with E-state index in [0.29, 0.717) is 30.6 Å². The van der Waals surface area contributed by atoms with Gasteiger partial charge < -0.3 is 10.2 Å². The predicted molar refractivity (Wildman–Crippen MR) is 147 cm³/mol. The van der Waals surface area contributed by atoms with E-state index in [-0.39, 0.29) is 17.6 Å². The highest BCUT2D eigenvalue weighted by atomic mass is 32.2. The van der Waals surface area contributed by atoms with Crippen molar-refractivity contribution < 1.29 is 13.2 Å². The molecule has 0 aliphatic carbocycles. The Hall–Kier alpha value is -3.57. The zero-order chi connectivity index (χ0) is 27.0. The molecule has 0 unspecified atom stereocenters. The van der Waals surface area contributed by atoms with Gasteiger partial charge in [-0.1, -0.05) is 13.0 Å². The Labute approximate surface area is 223 Å². The summed E-state index contributed by atoms with van der Waals surface area (Å²) in [6, 6.07) is 9.73. The number of anilines is 3. The van der Waals surface area contributed by atoms with Crippen LogP contribution in [0.2, 0.25) is 0 Å². The van der Waals surface area contributed by atoms with Crippen LogP contribution in [0.15, 0.2) is 42.7 Å². The molecule has 0 saturated carbocycles. The quantitative estimate of drug-likeness (QED) is 0.492. The van der Waals surface area contributed by atoms with Gasteiger partial charge in [-0.2, -0.15) is 0 Å². The van der Waals surface area contributed by atoms with E-state index in [1.165, 1.54) is 23.4 Å². The van der Waals surface area contributed by atoms with Crippen LogP contribution in [0.5, 0.6) is 0 Å². The van der Waals surface area contributed by atoms with Crippen LogP contribution in [-0.2, 0) is 23.1 Å². The Kier molecular flexibility index (Phi) is 7.06. The maximum Gasteiger partial charge on any atom is 0.254 e. The molecular formula is C27H33N7O3S. The molecule has 3 aromatic rings. The first-order valence-corrected chi connectivity index (χ1v) is 14.6. The number of carbonyl (C=O) groups excluding carboxylic acids is 1. The molecular weight excluding hydrogens is 502 g/mol. The largest absolute Gasteiger partial charge is 0.338 e. The summed E-state index contributed by atoms with van der Waals surface area (Å²) in [7, 11) is -3.47. The number of likely N-dealkylation sites (tertiary alicyclic amines) is 1. The van der Waals surface area contributed by atoms with Crippen molar-refractivity contribution in [2.45, 2.75) is 46.3 Å². The highest BCUT2D eigenvalue weighted by Gasteiger charge is 2.36. The third-order valence-electron chi connectivity index (χ3n) is 7.07. The molecule has 0 bridgehead atoms. The van der Waals surface area contributed by atoms with Gasteiger partial charge in [0.2, 0.25) is 16.0 Å². The number of nitrogens with zero attached hydrogens (tertiary/aromatic N) is 5. The second-order valence-corrected chi connectivity index (χ2v) is 12.2. The Morgan fingerprint density at radius 2 is 1.84 bits per heavy atom. The molecule has 0 radical (unpaired) electrons. The third-order valence-corrected chi connectivity index (χ3v) is 7.65. The molecule has 4 heterocycles. The molecule has 2 atom stereocenters. The van der Waals surface area contributed by atoms with Crippen LogP contribution in [-0.4, -0.2) is 64.5 Å². The molecule has 10 nitrogen and oxygen atoms in total. The monoisotopic (exact) mass is 535 g/mol. The van der Waals surface area contributed by atoms with Crippen LogP contribution in [0.4, 0.5) is 17.5 Å². The molecule has 0 spiro atoms. The van der Waals surface area contributed by atoms with Gasteiger partial charge in [-0.25, -0.2) is 23.4 Å². The molecule has 11 heteroatoms. The Bertz CT molecular complexity index is 1460. The van der Waals surface area contributed by atoms with Crippen molar-refractivity contribution in [2.24, 2.45) is 5.92 Å². The number of aryl methyl sites for hydroxylation is 2. The van der Waals surface area contributed by atoms with Crippen LogP contribution in [0.3, 0.4) is 0 Å². The number of hydrogen-bond donors (Lipinski definition) is 2. The maximum absolute atomic E-state index is 13.2. The minimum Gasteiger partial charge on any atom is -0.338 e. The third kappa shape index (κ3) is 5.94. The Morgan fingerprint density at radius 3 is 2.55 bits per heavy atom. The van der Waals surface area contributed by atoms with Crippen LogP contribution in [0, 0.1) is 19.8 Å². The van der Waals surface area contributed by atoms with E-state index in [9.17, 15) is 13.2 Å². The lowest BCUT2D eigenvalue weighted by Crippen LogP contribution is -2.50. The van der Waals surface area contributed by atoms with E-state index >= 15 is 0 Å². The Morgan fingerprint density at radius 1 is 1.08 bits per heavy atom. The molecule has 1 aromatic carbocycles. The predicted octanol–water partition coefficient (Wildman–Crippen LogP) is 3.47. The number of sulfonamides is 1. The van der Waals surface area contributed by atoms with Crippen molar-refractivity contribution in [2.75, 3.05) is 29.4 Å². The first kappa shape index (κ1) is 26.1. The normalized spacial score (nSPS) is 19.7. The Balaban J connectivity index is 1.21. The summed E-state index contributed by atoms with van der Waals surface area (Å²) in [5.41, 5.74) is 5.97. The van der Waals surface area contributed by atoms with Gasteiger partial charge >= 0.3 is 0 Å². The number of aromatic nitrogens is 3. The fraction of sp³-hybridized carbons (Fsp3) is 0.407. The van der Waals surface area contributed by atoms with Gasteiger partial charge in [0.1, 0.15) is 5.82 Å². The van der Waals surface area contributed by atoms with Crippen LogP contribution in [0.25, 0.3) is 0 Å².